The highest BCUT2D eigenvalue weighted by Crippen LogP contribution is 2.31. The van der Waals surface area contributed by atoms with Gasteiger partial charge in [0.05, 0.1) is 0 Å². The van der Waals surface area contributed by atoms with Crippen LogP contribution in [0.5, 0.6) is 0 Å². The summed E-state index contributed by atoms with van der Waals surface area (Å²) >= 11 is 5.36. The average molecular weight is 364 g/mol. The molecule has 0 saturated carbocycles. The van der Waals surface area contributed by atoms with Crippen molar-refractivity contribution in [3.05, 3.63) is 77.4 Å². The summed E-state index contributed by atoms with van der Waals surface area (Å²) < 4.78 is 0. The van der Waals surface area contributed by atoms with Crippen LogP contribution in [-0.4, -0.2) is 39.8 Å². The molecule has 0 radical (unpaired) electrons. The summed E-state index contributed by atoms with van der Waals surface area (Å²) in [5, 5.41) is 0.272. The van der Waals surface area contributed by atoms with Crippen molar-refractivity contribution >= 4 is 34.7 Å². The highest BCUT2D eigenvalue weighted by atomic mass is 32.1. The summed E-state index contributed by atoms with van der Waals surface area (Å²) in [6, 6.07) is 19.1. The third kappa shape index (κ3) is 3.06. The van der Waals surface area contributed by atoms with Gasteiger partial charge in [-0.3, -0.25) is 19.4 Å². The molecule has 3 rings (SSSR count). The van der Waals surface area contributed by atoms with E-state index < -0.39 is 0 Å². The Bertz CT molecular complexity index is 806. The second-order valence-corrected chi connectivity index (χ2v) is 6.23. The fourth-order valence-electron chi connectivity index (χ4n) is 3.12. The van der Waals surface area contributed by atoms with Gasteiger partial charge < -0.3 is 0 Å². The second kappa shape index (κ2) is 7.62. The van der Waals surface area contributed by atoms with E-state index in [1.807, 2.05) is 74.5 Å². The zero-order valence-corrected chi connectivity index (χ0v) is 15.6. The number of hydrogen-bond donors (Lipinski definition) is 0. The van der Waals surface area contributed by atoms with Gasteiger partial charge in [0.25, 0.3) is 11.8 Å². The smallest absolute Gasteiger partial charge is 0.266 e. The molecule has 0 N–H and O–H groups in total. The molecule has 0 aromatic heterocycles. The Balaban J connectivity index is 2.31. The lowest BCUT2D eigenvalue weighted by Gasteiger charge is -2.36. The molecule has 4 nitrogen and oxygen atoms in total. The Kier molecular flexibility index (Phi) is 5.28. The molecule has 2 aromatic rings. The molecule has 1 aliphatic heterocycles. The molecule has 0 bridgehead atoms. The van der Waals surface area contributed by atoms with Gasteiger partial charge in [0.2, 0.25) is 0 Å². The van der Waals surface area contributed by atoms with Crippen molar-refractivity contribution < 1.29 is 9.59 Å². The van der Waals surface area contributed by atoms with Crippen LogP contribution in [0, 0.1) is 0 Å². The minimum absolute atomic E-state index is 0.166. The van der Waals surface area contributed by atoms with Crippen LogP contribution in [0.3, 0.4) is 0 Å². The highest BCUT2D eigenvalue weighted by molar-refractivity contribution is 7.80. The van der Waals surface area contributed by atoms with E-state index in [1.165, 1.54) is 9.80 Å². The Morgan fingerprint density at radius 2 is 1.15 bits per heavy atom. The number of benzene rings is 2. The van der Waals surface area contributed by atoms with Gasteiger partial charge in [0, 0.05) is 18.7 Å². The van der Waals surface area contributed by atoms with E-state index in [2.05, 4.69) is 0 Å². The fraction of sp³-hybridized carbons (Fsp3) is 0.190. The van der Waals surface area contributed by atoms with Gasteiger partial charge in [0.1, 0.15) is 5.57 Å². The Labute approximate surface area is 158 Å². The first-order valence-corrected chi connectivity index (χ1v) is 9.03. The zero-order valence-electron chi connectivity index (χ0n) is 14.8. The summed E-state index contributed by atoms with van der Waals surface area (Å²) in [5.41, 5.74) is 2.46. The molecule has 1 aliphatic rings. The van der Waals surface area contributed by atoms with Crippen molar-refractivity contribution in [2.45, 2.75) is 13.8 Å². The molecule has 1 heterocycles. The molecule has 5 heteroatoms. The van der Waals surface area contributed by atoms with E-state index in [0.29, 0.717) is 18.7 Å². The number of hydrogen-bond acceptors (Lipinski definition) is 3. The number of rotatable bonds is 4. The van der Waals surface area contributed by atoms with E-state index in [4.69, 9.17) is 12.2 Å². The van der Waals surface area contributed by atoms with Crippen molar-refractivity contribution in [3.63, 3.8) is 0 Å². The molecule has 1 saturated heterocycles. The highest BCUT2D eigenvalue weighted by Gasteiger charge is 2.40. The Morgan fingerprint density at radius 3 is 1.50 bits per heavy atom. The molecule has 0 atom stereocenters. The third-order valence-corrected chi connectivity index (χ3v) is 4.83. The Morgan fingerprint density at radius 1 is 0.769 bits per heavy atom. The zero-order chi connectivity index (χ0) is 18.7. The maximum absolute atomic E-state index is 13.2. The van der Waals surface area contributed by atoms with Crippen molar-refractivity contribution in [2.24, 2.45) is 0 Å². The molecule has 0 aliphatic carbocycles. The monoisotopic (exact) mass is 364 g/mol. The van der Waals surface area contributed by atoms with Crippen LogP contribution in [0.1, 0.15) is 25.0 Å². The summed E-state index contributed by atoms with van der Waals surface area (Å²) in [6.07, 6.45) is 0. The third-order valence-electron chi connectivity index (χ3n) is 4.39. The first-order chi connectivity index (χ1) is 12.6. The lowest BCUT2D eigenvalue weighted by molar-refractivity contribution is -0.133. The van der Waals surface area contributed by atoms with Crippen LogP contribution < -0.4 is 0 Å². The number of thiocarbonyl (C=S) groups is 1. The molecular weight excluding hydrogens is 344 g/mol. The van der Waals surface area contributed by atoms with Gasteiger partial charge in [-0.25, -0.2) is 0 Å². The number of carbonyl (C=O) groups is 2. The largest absolute Gasteiger partial charge is 0.285 e. The van der Waals surface area contributed by atoms with Gasteiger partial charge in [-0.2, -0.15) is 0 Å². The number of nitrogens with zero attached hydrogens (tertiary/aromatic N) is 2. The first-order valence-electron chi connectivity index (χ1n) is 8.62. The lowest BCUT2D eigenvalue weighted by Crippen LogP contribution is -2.56. The summed E-state index contributed by atoms with van der Waals surface area (Å²) in [6.45, 7) is 4.55. The van der Waals surface area contributed by atoms with E-state index in [-0.39, 0.29) is 22.5 Å². The predicted octanol–water partition coefficient (Wildman–Crippen LogP) is 3.48. The summed E-state index contributed by atoms with van der Waals surface area (Å²) in [4.78, 5) is 29.3. The van der Waals surface area contributed by atoms with Crippen LogP contribution in [0.25, 0.3) is 5.57 Å². The van der Waals surface area contributed by atoms with E-state index in [9.17, 15) is 9.59 Å². The quantitative estimate of drug-likeness (QED) is 0.474. The minimum Gasteiger partial charge on any atom is -0.285 e. The van der Waals surface area contributed by atoms with Gasteiger partial charge in [0.15, 0.2) is 5.11 Å². The van der Waals surface area contributed by atoms with E-state index in [0.717, 1.165) is 11.1 Å². The van der Waals surface area contributed by atoms with Crippen LogP contribution >= 0.6 is 12.2 Å². The van der Waals surface area contributed by atoms with Crippen molar-refractivity contribution in [2.75, 3.05) is 13.1 Å². The van der Waals surface area contributed by atoms with Crippen LogP contribution in [0.15, 0.2) is 66.2 Å². The molecule has 2 amide bonds. The van der Waals surface area contributed by atoms with Crippen molar-refractivity contribution in [1.29, 1.82) is 0 Å². The molecule has 2 aromatic carbocycles. The number of carbonyl (C=O) groups excluding carboxylic acids is 2. The summed E-state index contributed by atoms with van der Waals surface area (Å²) in [5.74, 6) is -0.676. The fourth-order valence-corrected chi connectivity index (χ4v) is 3.54. The van der Waals surface area contributed by atoms with Crippen LogP contribution in [0.2, 0.25) is 0 Å². The molecular formula is C21H20N2O2S. The van der Waals surface area contributed by atoms with E-state index in [1.54, 1.807) is 0 Å². The van der Waals surface area contributed by atoms with Gasteiger partial charge in [-0.15, -0.1) is 0 Å². The van der Waals surface area contributed by atoms with Crippen LogP contribution in [-0.2, 0) is 9.59 Å². The molecule has 0 spiro atoms. The maximum atomic E-state index is 13.2. The van der Waals surface area contributed by atoms with Crippen molar-refractivity contribution in [1.82, 2.24) is 9.80 Å². The minimum atomic E-state index is -0.338. The number of amides is 2. The SMILES string of the molecule is CCN1C(=O)C(=C(c2ccccc2)c2ccccc2)C(=O)N(CC)C1=S. The maximum Gasteiger partial charge on any atom is 0.266 e. The average Bonchev–Trinajstić information content (AvgIpc) is 2.67. The molecule has 0 unspecified atom stereocenters. The molecule has 132 valence electrons. The Hall–Kier alpha value is -2.79. The van der Waals surface area contributed by atoms with E-state index >= 15 is 0 Å². The lowest BCUT2D eigenvalue weighted by atomic mass is 9.91. The first kappa shape index (κ1) is 18.0. The topological polar surface area (TPSA) is 40.6 Å². The van der Waals surface area contributed by atoms with Crippen molar-refractivity contribution in [3.8, 4) is 0 Å². The molecule has 26 heavy (non-hydrogen) atoms. The van der Waals surface area contributed by atoms with Crippen LogP contribution in [0.4, 0.5) is 0 Å². The summed E-state index contributed by atoms with van der Waals surface area (Å²) in [7, 11) is 0. The normalized spacial score (nSPS) is 14.8. The van der Waals surface area contributed by atoms with Gasteiger partial charge in [-0.05, 0) is 37.2 Å². The number of likely N-dealkylation sites (N-methyl/N-ethyl adjacent to an activating group) is 2. The van der Waals surface area contributed by atoms with Gasteiger partial charge in [-0.1, -0.05) is 60.7 Å². The standard InChI is InChI=1S/C21H20N2O2S/c1-3-22-19(24)18(20(25)23(4-2)21(22)26)17(15-11-7-5-8-12-15)16-13-9-6-10-14-16/h5-14H,3-4H2,1-2H3. The van der Waals surface area contributed by atoms with Gasteiger partial charge >= 0.3 is 0 Å². The molecule has 1 fully saturated rings. The second-order valence-electron chi connectivity index (χ2n) is 5.86. The predicted molar refractivity (Wildman–Crippen MR) is 106 cm³/mol.